The number of aromatic amines is 2. The molecule has 7 heteroatoms. The molecule has 1 fully saturated rings. The number of allylic oxidation sites excluding steroid dienone is 2. The van der Waals surface area contributed by atoms with Crippen LogP contribution < -0.4 is 0 Å². The van der Waals surface area contributed by atoms with Gasteiger partial charge in [0.05, 0.1) is 23.1 Å². The monoisotopic (exact) mass is 546 g/mol. The lowest BCUT2D eigenvalue weighted by atomic mass is 9.94. The molecule has 208 valence electrons. The van der Waals surface area contributed by atoms with E-state index in [4.69, 9.17) is 0 Å². The quantitative estimate of drug-likeness (QED) is 0.189. The molecule has 0 saturated carbocycles. The fraction of sp³-hybridized carbons (Fsp3) is 0.265. The van der Waals surface area contributed by atoms with Gasteiger partial charge in [0.1, 0.15) is 11.5 Å². The van der Waals surface area contributed by atoms with Gasteiger partial charge in [-0.1, -0.05) is 24.8 Å². The summed E-state index contributed by atoms with van der Waals surface area (Å²) >= 11 is 0. The van der Waals surface area contributed by atoms with E-state index in [1.54, 1.807) is 24.4 Å². The fourth-order valence-corrected chi connectivity index (χ4v) is 5.89. The number of hydrogen-bond donors (Lipinski definition) is 2. The Morgan fingerprint density at radius 3 is 2.76 bits per heavy atom. The van der Waals surface area contributed by atoms with Crippen LogP contribution in [0, 0.1) is 19.7 Å². The second-order valence-electron chi connectivity index (χ2n) is 10.9. The van der Waals surface area contributed by atoms with Gasteiger partial charge in [-0.05, 0) is 112 Å². The third kappa shape index (κ3) is 5.63. The van der Waals surface area contributed by atoms with E-state index in [9.17, 15) is 4.39 Å². The maximum atomic E-state index is 14.9. The molecule has 0 amide bonds. The number of pyridine rings is 2. The van der Waals surface area contributed by atoms with Gasteiger partial charge in [0.25, 0.3) is 0 Å². The van der Waals surface area contributed by atoms with Crippen LogP contribution in [-0.4, -0.2) is 49.7 Å². The van der Waals surface area contributed by atoms with Crippen molar-refractivity contribution >= 4 is 16.5 Å². The van der Waals surface area contributed by atoms with E-state index in [1.807, 2.05) is 31.5 Å². The number of nitrogens with zero attached hydrogens (tertiary/aromatic N) is 4. The van der Waals surface area contributed by atoms with E-state index in [1.165, 1.54) is 25.9 Å². The summed E-state index contributed by atoms with van der Waals surface area (Å²) in [5, 5.41) is 8.72. The van der Waals surface area contributed by atoms with Crippen molar-refractivity contribution in [3.05, 3.63) is 107 Å². The van der Waals surface area contributed by atoms with Crippen molar-refractivity contribution < 1.29 is 4.39 Å². The van der Waals surface area contributed by atoms with Crippen LogP contribution in [0.2, 0.25) is 0 Å². The highest BCUT2D eigenvalue weighted by atomic mass is 19.1. The number of rotatable bonds is 9. The summed E-state index contributed by atoms with van der Waals surface area (Å²) in [6, 6.07) is 11.5. The van der Waals surface area contributed by atoms with Gasteiger partial charge >= 0.3 is 0 Å². The zero-order valence-corrected chi connectivity index (χ0v) is 23.7. The van der Waals surface area contributed by atoms with Gasteiger partial charge in [-0.3, -0.25) is 15.1 Å². The first-order valence-electron chi connectivity index (χ1n) is 14.3. The summed E-state index contributed by atoms with van der Waals surface area (Å²) in [4.78, 5) is 15.0. The molecule has 6 nitrogen and oxygen atoms in total. The predicted molar refractivity (Wildman–Crippen MR) is 164 cm³/mol. The number of likely N-dealkylation sites (tertiary alicyclic amines) is 1. The van der Waals surface area contributed by atoms with Crippen LogP contribution in [0.1, 0.15) is 47.2 Å². The summed E-state index contributed by atoms with van der Waals surface area (Å²) in [7, 11) is 0. The zero-order chi connectivity index (χ0) is 28.3. The highest BCUT2D eigenvalue weighted by Gasteiger charge is 2.18. The third-order valence-corrected chi connectivity index (χ3v) is 8.01. The van der Waals surface area contributed by atoms with Gasteiger partial charge in [0.2, 0.25) is 0 Å². The maximum absolute atomic E-state index is 14.9. The smallest absolute Gasteiger partial charge is 0.124 e. The highest BCUT2D eigenvalue weighted by molar-refractivity contribution is 5.95. The molecule has 1 aliphatic heterocycles. The number of fused-ring (bicyclic) bond motifs is 1. The summed E-state index contributed by atoms with van der Waals surface area (Å²) in [6.45, 7) is 11.5. The fourth-order valence-electron chi connectivity index (χ4n) is 5.89. The van der Waals surface area contributed by atoms with E-state index in [0.29, 0.717) is 0 Å². The molecule has 5 heterocycles. The maximum Gasteiger partial charge on any atom is 0.124 e. The van der Waals surface area contributed by atoms with Crippen LogP contribution in [0.3, 0.4) is 0 Å². The topological polar surface area (TPSA) is 73.5 Å². The molecular formula is C34H35FN6. The van der Waals surface area contributed by atoms with Crippen molar-refractivity contribution in [2.75, 3.05) is 19.6 Å². The van der Waals surface area contributed by atoms with Gasteiger partial charge in [-0.25, -0.2) is 4.39 Å². The summed E-state index contributed by atoms with van der Waals surface area (Å²) < 4.78 is 14.9. The van der Waals surface area contributed by atoms with Crippen molar-refractivity contribution in [1.82, 2.24) is 30.0 Å². The molecule has 6 rings (SSSR count). The number of aryl methyl sites for hydroxylation is 3. The lowest BCUT2D eigenvalue weighted by Crippen LogP contribution is -2.20. The normalized spacial score (nSPS) is 14.3. The molecule has 0 bridgehead atoms. The van der Waals surface area contributed by atoms with Gasteiger partial charge in [0, 0.05) is 34.6 Å². The van der Waals surface area contributed by atoms with Crippen molar-refractivity contribution in [2.24, 2.45) is 0 Å². The molecule has 0 atom stereocenters. The predicted octanol–water partition coefficient (Wildman–Crippen LogP) is 7.42. The molecule has 0 spiro atoms. The van der Waals surface area contributed by atoms with E-state index < -0.39 is 0 Å². The second kappa shape index (κ2) is 11.6. The number of halogens is 1. The second-order valence-corrected chi connectivity index (χ2v) is 10.9. The van der Waals surface area contributed by atoms with Crippen LogP contribution in [0.25, 0.3) is 39.1 Å². The first kappa shape index (κ1) is 26.8. The lowest BCUT2D eigenvalue weighted by Gasteiger charge is -2.15. The van der Waals surface area contributed by atoms with Crippen LogP contribution in [0.15, 0.2) is 73.7 Å². The Morgan fingerprint density at radius 1 is 1.10 bits per heavy atom. The Morgan fingerprint density at radius 2 is 1.95 bits per heavy atom. The Balaban J connectivity index is 1.32. The number of benzene rings is 1. The van der Waals surface area contributed by atoms with Crippen molar-refractivity contribution in [2.45, 2.75) is 39.5 Å². The summed E-state index contributed by atoms with van der Waals surface area (Å²) in [5.74, 6) is -0.217. The van der Waals surface area contributed by atoms with Gasteiger partial charge < -0.3 is 9.88 Å². The SMILES string of the molecule is C=C/C=C(/c1cc(F)cc(CCCN2CCCC2)c1)c1cc(-c2n[nH]c3cnc(-c4cnccc4C)cc23)[nH]c1C. The summed E-state index contributed by atoms with van der Waals surface area (Å²) in [5.41, 5.74) is 10.2. The number of H-pyrrole nitrogens is 2. The Kier molecular flexibility index (Phi) is 7.61. The number of hydrogen-bond acceptors (Lipinski definition) is 4. The largest absolute Gasteiger partial charge is 0.357 e. The van der Waals surface area contributed by atoms with Crippen LogP contribution in [0.5, 0.6) is 0 Å². The molecule has 2 N–H and O–H groups in total. The molecule has 41 heavy (non-hydrogen) atoms. The lowest BCUT2D eigenvalue weighted by molar-refractivity contribution is 0.334. The minimum absolute atomic E-state index is 0.217. The van der Waals surface area contributed by atoms with Gasteiger partial charge in [-0.15, -0.1) is 0 Å². The van der Waals surface area contributed by atoms with Gasteiger partial charge in [-0.2, -0.15) is 5.10 Å². The third-order valence-electron chi connectivity index (χ3n) is 8.01. The number of aromatic nitrogens is 5. The van der Waals surface area contributed by atoms with Crippen LogP contribution in [0.4, 0.5) is 4.39 Å². The van der Waals surface area contributed by atoms with E-state index in [-0.39, 0.29) is 5.82 Å². The first-order valence-corrected chi connectivity index (χ1v) is 14.3. The average molecular weight is 547 g/mol. The molecule has 4 aromatic heterocycles. The van der Waals surface area contributed by atoms with Crippen molar-refractivity contribution in [3.63, 3.8) is 0 Å². The molecule has 1 aliphatic rings. The zero-order valence-electron chi connectivity index (χ0n) is 23.7. The number of nitrogens with one attached hydrogen (secondary N) is 2. The minimum atomic E-state index is -0.217. The Labute approximate surface area is 240 Å². The average Bonchev–Trinajstić information content (AvgIpc) is 3.72. The van der Waals surface area contributed by atoms with Crippen LogP contribution in [-0.2, 0) is 6.42 Å². The van der Waals surface area contributed by atoms with Crippen molar-refractivity contribution in [1.29, 1.82) is 0 Å². The Bertz CT molecular complexity index is 1740. The van der Waals surface area contributed by atoms with Gasteiger partial charge in [0.15, 0.2) is 0 Å². The van der Waals surface area contributed by atoms with E-state index >= 15 is 0 Å². The Hall–Kier alpha value is -4.36. The van der Waals surface area contributed by atoms with Crippen LogP contribution >= 0.6 is 0 Å². The molecule has 5 aromatic rings. The molecule has 1 saturated heterocycles. The molecule has 1 aromatic carbocycles. The standard InChI is InChI=1S/C34H35FN6/c1-4-8-27(25-15-24(16-26(35)17-25)9-7-14-41-12-5-6-13-41)28-18-32(38-23(28)3)34-29-19-31(37-21-33(29)39-40-34)30-20-36-11-10-22(30)2/h4,8,10-11,15-21,38H,1,5-7,9,12-14H2,2-3H3,(H,39,40)/b27-8-. The van der Waals surface area contributed by atoms with E-state index in [0.717, 1.165) is 86.5 Å². The molecule has 0 aliphatic carbocycles. The van der Waals surface area contributed by atoms with E-state index in [2.05, 4.69) is 61.8 Å². The molecular weight excluding hydrogens is 511 g/mol. The highest BCUT2D eigenvalue weighted by Crippen LogP contribution is 2.34. The molecule has 0 radical (unpaired) electrons. The minimum Gasteiger partial charge on any atom is -0.357 e. The summed E-state index contributed by atoms with van der Waals surface area (Å²) in [6.07, 6.45) is 13.6. The first-order chi connectivity index (χ1) is 20.0. The van der Waals surface area contributed by atoms with Crippen molar-refractivity contribution in [3.8, 4) is 22.6 Å². The molecule has 0 unspecified atom stereocenters.